The Kier molecular flexibility index (Phi) is 3.55. The predicted molar refractivity (Wildman–Crippen MR) is 68.9 cm³/mol. The maximum absolute atomic E-state index is 13.6. The van der Waals surface area contributed by atoms with E-state index in [0.717, 1.165) is 5.56 Å². The molecule has 0 fully saturated rings. The fourth-order valence-corrected chi connectivity index (χ4v) is 1.79. The van der Waals surface area contributed by atoms with E-state index in [0.29, 0.717) is 17.2 Å². The normalized spacial score (nSPS) is 10.5. The summed E-state index contributed by atoms with van der Waals surface area (Å²) in [4.78, 5) is 10.9. The summed E-state index contributed by atoms with van der Waals surface area (Å²) >= 11 is 0. The van der Waals surface area contributed by atoms with E-state index in [4.69, 9.17) is 9.52 Å². The second-order valence-electron chi connectivity index (χ2n) is 4.32. The Labute approximate surface area is 109 Å². The SMILES string of the molecule is Cc1ccc(NCc2cc(C(=O)O)c(C)o2)c(F)c1. The minimum atomic E-state index is -1.03. The van der Waals surface area contributed by atoms with Gasteiger partial charge in [0, 0.05) is 0 Å². The molecule has 0 bridgehead atoms. The molecule has 0 spiro atoms. The Morgan fingerprint density at radius 2 is 2.11 bits per heavy atom. The molecular weight excluding hydrogens is 249 g/mol. The summed E-state index contributed by atoms with van der Waals surface area (Å²) in [6, 6.07) is 6.30. The van der Waals surface area contributed by atoms with Crippen LogP contribution in [-0.4, -0.2) is 11.1 Å². The fourth-order valence-electron chi connectivity index (χ4n) is 1.79. The number of hydrogen-bond donors (Lipinski definition) is 2. The molecule has 0 radical (unpaired) electrons. The summed E-state index contributed by atoms with van der Waals surface area (Å²) in [5.41, 5.74) is 1.32. The van der Waals surface area contributed by atoms with E-state index in [9.17, 15) is 9.18 Å². The van der Waals surface area contributed by atoms with E-state index in [-0.39, 0.29) is 17.9 Å². The van der Waals surface area contributed by atoms with Crippen LogP contribution < -0.4 is 5.32 Å². The van der Waals surface area contributed by atoms with Crippen molar-refractivity contribution in [2.45, 2.75) is 20.4 Å². The van der Waals surface area contributed by atoms with Crippen LogP contribution in [0.3, 0.4) is 0 Å². The zero-order valence-electron chi connectivity index (χ0n) is 10.7. The van der Waals surface area contributed by atoms with E-state index in [1.807, 2.05) is 6.92 Å². The van der Waals surface area contributed by atoms with Crippen molar-refractivity contribution in [3.8, 4) is 0 Å². The van der Waals surface area contributed by atoms with Gasteiger partial charge in [0.15, 0.2) is 0 Å². The molecule has 1 aromatic carbocycles. The molecule has 0 unspecified atom stereocenters. The molecule has 4 nitrogen and oxygen atoms in total. The molecule has 2 aromatic rings. The second-order valence-corrected chi connectivity index (χ2v) is 4.32. The summed E-state index contributed by atoms with van der Waals surface area (Å²) in [6.07, 6.45) is 0. The number of hydrogen-bond acceptors (Lipinski definition) is 3. The molecular formula is C14H14FNO3. The summed E-state index contributed by atoms with van der Waals surface area (Å²) in [6.45, 7) is 3.62. The van der Waals surface area contributed by atoms with Gasteiger partial charge in [-0.15, -0.1) is 0 Å². The maximum atomic E-state index is 13.6. The Bertz CT molecular complexity index is 619. The summed E-state index contributed by atoms with van der Waals surface area (Å²) in [5, 5.41) is 11.8. The first-order valence-corrected chi connectivity index (χ1v) is 5.80. The Morgan fingerprint density at radius 3 is 2.68 bits per heavy atom. The van der Waals surface area contributed by atoms with Crippen molar-refractivity contribution < 1.29 is 18.7 Å². The Hall–Kier alpha value is -2.30. The zero-order chi connectivity index (χ0) is 14.0. The van der Waals surface area contributed by atoms with Crippen LogP contribution in [0.15, 0.2) is 28.7 Å². The number of halogens is 1. The third-order valence-electron chi connectivity index (χ3n) is 2.78. The van der Waals surface area contributed by atoms with Crippen LogP contribution in [0.4, 0.5) is 10.1 Å². The average molecular weight is 263 g/mol. The molecule has 1 heterocycles. The van der Waals surface area contributed by atoms with Gasteiger partial charge in [0.05, 0.1) is 12.2 Å². The first-order chi connectivity index (χ1) is 8.97. The molecule has 2 rings (SSSR count). The third-order valence-corrected chi connectivity index (χ3v) is 2.78. The molecule has 0 aliphatic carbocycles. The number of benzene rings is 1. The molecule has 19 heavy (non-hydrogen) atoms. The highest BCUT2D eigenvalue weighted by molar-refractivity contribution is 5.88. The van der Waals surface area contributed by atoms with Gasteiger partial charge in [0.25, 0.3) is 0 Å². The largest absolute Gasteiger partial charge is 0.478 e. The highest BCUT2D eigenvalue weighted by Gasteiger charge is 2.13. The minimum absolute atomic E-state index is 0.126. The molecule has 0 saturated heterocycles. The van der Waals surface area contributed by atoms with E-state index in [2.05, 4.69) is 5.32 Å². The third kappa shape index (κ3) is 2.93. The monoisotopic (exact) mass is 263 g/mol. The number of rotatable bonds is 4. The standard InChI is InChI=1S/C14H14FNO3/c1-8-3-4-13(12(15)5-8)16-7-10-6-11(14(17)18)9(2)19-10/h3-6,16H,7H2,1-2H3,(H,17,18). The Morgan fingerprint density at radius 1 is 1.37 bits per heavy atom. The van der Waals surface area contributed by atoms with Crippen molar-refractivity contribution in [3.05, 3.63) is 52.7 Å². The van der Waals surface area contributed by atoms with E-state index in [1.165, 1.54) is 12.1 Å². The lowest BCUT2D eigenvalue weighted by molar-refractivity contribution is 0.0695. The number of aromatic carboxylic acids is 1. The van der Waals surface area contributed by atoms with Crippen molar-refractivity contribution >= 4 is 11.7 Å². The van der Waals surface area contributed by atoms with Crippen LogP contribution in [0, 0.1) is 19.7 Å². The zero-order valence-corrected chi connectivity index (χ0v) is 10.7. The molecule has 0 amide bonds. The van der Waals surface area contributed by atoms with E-state index >= 15 is 0 Å². The topological polar surface area (TPSA) is 62.5 Å². The van der Waals surface area contributed by atoms with Crippen molar-refractivity contribution in [2.75, 3.05) is 5.32 Å². The fraction of sp³-hybridized carbons (Fsp3) is 0.214. The highest BCUT2D eigenvalue weighted by atomic mass is 19.1. The smallest absolute Gasteiger partial charge is 0.339 e. The summed E-state index contributed by atoms with van der Waals surface area (Å²) < 4.78 is 18.9. The number of nitrogens with one attached hydrogen (secondary N) is 1. The van der Waals surface area contributed by atoms with Gasteiger partial charge in [-0.25, -0.2) is 9.18 Å². The van der Waals surface area contributed by atoms with Crippen LogP contribution in [-0.2, 0) is 6.54 Å². The second kappa shape index (κ2) is 5.14. The van der Waals surface area contributed by atoms with Crippen molar-refractivity contribution in [1.82, 2.24) is 0 Å². The van der Waals surface area contributed by atoms with Gasteiger partial charge < -0.3 is 14.8 Å². The number of furan rings is 1. The van der Waals surface area contributed by atoms with Gasteiger partial charge in [0.1, 0.15) is 22.9 Å². The first kappa shape index (κ1) is 13.1. The van der Waals surface area contributed by atoms with Crippen LogP contribution in [0.25, 0.3) is 0 Å². The van der Waals surface area contributed by atoms with Gasteiger partial charge in [-0.3, -0.25) is 0 Å². The van der Waals surface area contributed by atoms with E-state index < -0.39 is 5.97 Å². The number of carboxylic acid groups (broad SMARTS) is 1. The van der Waals surface area contributed by atoms with Crippen molar-refractivity contribution in [1.29, 1.82) is 0 Å². The number of anilines is 1. The van der Waals surface area contributed by atoms with Crippen LogP contribution >= 0.6 is 0 Å². The summed E-state index contributed by atoms with van der Waals surface area (Å²) in [7, 11) is 0. The molecule has 0 atom stereocenters. The summed E-state index contributed by atoms with van der Waals surface area (Å²) in [5.74, 6) is -0.584. The molecule has 100 valence electrons. The lowest BCUT2D eigenvalue weighted by Gasteiger charge is -2.06. The maximum Gasteiger partial charge on any atom is 0.339 e. The van der Waals surface area contributed by atoms with E-state index in [1.54, 1.807) is 19.1 Å². The van der Waals surface area contributed by atoms with Crippen LogP contribution in [0.2, 0.25) is 0 Å². The predicted octanol–water partition coefficient (Wildman–Crippen LogP) is 3.35. The average Bonchev–Trinajstić information content (AvgIpc) is 2.69. The number of aryl methyl sites for hydroxylation is 2. The lowest BCUT2D eigenvalue weighted by atomic mass is 10.2. The van der Waals surface area contributed by atoms with Gasteiger partial charge in [-0.05, 0) is 37.6 Å². The lowest BCUT2D eigenvalue weighted by Crippen LogP contribution is -2.01. The molecule has 2 N–H and O–H groups in total. The minimum Gasteiger partial charge on any atom is -0.478 e. The molecule has 0 aliphatic rings. The number of carbonyl (C=O) groups is 1. The molecule has 1 aromatic heterocycles. The Balaban J connectivity index is 2.10. The molecule has 0 aliphatic heterocycles. The first-order valence-electron chi connectivity index (χ1n) is 5.80. The van der Waals surface area contributed by atoms with Crippen LogP contribution in [0.5, 0.6) is 0 Å². The van der Waals surface area contributed by atoms with Crippen LogP contribution in [0.1, 0.15) is 27.4 Å². The number of carboxylic acids is 1. The molecule has 5 heteroatoms. The van der Waals surface area contributed by atoms with Crippen molar-refractivity contribution in [3.63, 3.8) is 0 Å². The quantitative estimate of drug-likeness (QED) is 0.888. The van der Waals surface area contributed by atoms with Crippen molar-refractivity contribution in [2.24, 2.45) is 0 Å². The molecule has 0 saturated carbocycles. The van der Waals surface area contributed by atoms with Gasteiger partial charge >= 0.3 is 5.97 Å². The van der Waals surface area contributed by atoms with Gasteiger partial charge in [-0.2, -0.15) is 0 Å². The van der Waals surface area contributed by atoms with Gasteiger partial charge in [0.2, 0.25) is 0 Å². The highest BCUT2D eigenvalue weighted by Crippen LogP contribution is 2.19. The van der Waals surface area contributed by atoms with Gasteiger partial charge in [-0.1, -0.05) is 6.07 Å².